The zero-order chi connectivity index (χ0) is 17.4. The summed E-state index contributed by atoms with van der Waals surface area (Å²) in [6.45, 7) is 9.93. The first-order chi connectivity index (χ1) is 11.6. The largest absolute Gasteiger partial charge is 0.357 e. The molecule has 1 N–H and O–H groups in total. The minimum Gasteiger partial charge on any atom is -0.357 e. The van der Waals surface area contributed by atoms with Gasteiger partial charge in [-0.3, -0.25) is 0 Å². The van der Waals surface area contributed by atoms with Gasteiger partial charge in [-0.05, 0) is 30.7 Å². The van der Waals surface area contributed by atoms with E-state index in [0.29, 0.717) is 12.5 Å². The summed E-state index contributed by atoms with van der Waals surface area (Å²) in [5, 5.41) is 5.51. The van der Waals surface area contributed by atoms with Crippen LogP contribution in [-0.4, -0.2) is 40.5 Å². The Hall–Kier alpha value is -1.82. The van der Waals surface area contributed by atoms with Crippen molar-refractivity contribution in [3.8, 4) is 0 Å². The molecule has 0 saturated carbocycles. The molecule has 0 saturated heterocycles. The molecule has 0 spiro atoms. The monoisotopic (exact) mass is 347 g/mol. The average molecular weight is 348 g/mol. The molecule has 2 aromatic heterocycles. The fourth-order valence-corrected chi connectivity index (χ4v) is 3.20. The van der Waals surface area contributed by atoms with Crippen LogP contribution in [0.15, 0.2) is 34.9 Å². The van der Waals surface area contributed by atoms with Gasteiger partial charge in [-0.2, -0.15) is 0 Å². The molecule has 2 aromatic rings. The number of likely N-dealkylation sites (N-methyl/N-ethyl adjacent to an activating group) is 1. The molecule has 132 valence electrons. The molecule has 24 heavy (non-hydrogen) atoms. The third-order valence-corrected chi connectivity index (χ3v) is 4.64. The van der Waals surface area contributed by atoms with Gasteiger partial charge in [0.25, 0.3) is 0 Å². The van der Waals surface area contributed by atoms with Crippen molar-refractivity contribution in [2.45, 2.75) is 40.3 Å². The molecule has 0 fully saturated rings. The number of imidazole rings is 1. The first kappa shape index (κ1) is 18.5. The Kier molecular flexibility index (Phi) is 7.31. The minimum absolute atomic E-state index is 0.601. The fourth-order valence-electron chi connectivity index (χ4n) is 2.51. The van der Waals surface area contributed by atoms with Crippen molar-refractivity contribution < 1.29 is 0 Å². The summed E-state index contributed by atoms with van der Waals surface area (Å²) < 4.78 is 2.20. The summed E-state index contributed by atoms with van der Waals surface area (Å²) in [6, 6.07) is 4.29. The minimum atomic E-state index is 0.601. The number of thiophene rings is 1. The van der Waals surface area contributed by atoms with Crippen LogP contribution < -0.4 is 5.32 Å². The molecule has 0 radical (unpaired) electrons. The van der Waals surface area contributed by atoms with Gasteiger partial charge in [-0.15, -0.1) is 11.3 Å². The van der Waals surface area contributed by atoms with Crippen LogP contribution in [0.2, 0.25) is 0 Å². The van der Waals surface area contributed by atoms with Crippen molar-refractivity contribution in [3.05, 3.63) is 40.6 Å². The van der Waals surface area contributed by atoms with Crippen LogP contribution in [0.4, 0.5) is 0 Å². The van der Waals surface area contributed by atoms with Gasteiger partial charge < -0.3 is 14.8 Å². The third-order valence-electron chi connectivity index (χ3n) is 3.70. The van der Waals surface area contributed by atoms with E-state index in [-0.39, 0.29) is 0 Å². The Labute approximate surface area is 149 Å². The molecule has 6 heteroatoms. The maximum absolute atomic E-state index is 4.78. The van der Waals surface area contributed by atoms with E-state index in [1.165, 1.54) is 4.88 Å². The maximum atomic E-state index is 4.78. The molecule has 5 nitrogen and oxygen atoms in total. The number of nitrogens with one attached hydrogen (secondary N) is 1. The number of hydrogen-bond acceptors (Lipinski definition) is 3. The Bertz CT molecular complexity index is 615. The molecular weight excluding hydrogens is 318 g/mol. The number of aliphatic imine (C=N–C) groups is 1. The highest BCUT2D eigenvalue weighted by Crippen LogP contribution is 2.10. The van der Waals surface area contributed by atoms with Gasteiger partial charge >= 0.3 is 0 Å². The van der Waals surface area contributed by atoms with E-state index in [4.69, 9.17) is 4.99 Å². The fraction of sp³-hybridized carbons (Fsp3) is 0.556. The number of nitrogens with zero attached hydrogens (tertiary/aromatic N) is 4. The van der Waals surface area contributed by atoms with E-state index in [1.807, 2.05) is 23.7 Å². The van der Waals surface area contributed by atoms with Gasteiger partial charge in [0.2, 0.25) is 0 Å². The van der Waals surface area contributed by atoms with E-state index in [1.54, 1.807) is 0 Å². The molecule has 0 bridgehead atoms. The molecule has 0 aliphatic rings. The second-order valence-electron chi connectivity index (χ2n) is 6.31. The number of rotatable bonds is 8. The quantitative estimate of drug-likeness (QED) is 0.589. The lowest BCUT2D eigenvalue weighted by atomic mass is 10.2. The van der Waals surface area contributed by atoms with Crippen LogP contribution >= 0.6 is 11.3 Å². The summed E-state index contributed by atoms with van der Waals surface area (Å²) in [5.74, 6) is 2.56. The van der Waals surface area contributed by atoms with Crippen molar-refractivity contribution in [2.75, 3.05) is 20.1 Å². The zero-order valence-corrected chi connectivity index (χ0v) is 16.0. The predicted octanol–water partition coefficient (Wildman–Crippen LogP) is 3.24. The maximum Gasteiger partial charge on any atom is 0.194 e. The summed E-state index contributed by atoms with van der Waals surface area (Å²) in [7, 11) is 2.09. The molecule has 0 atom stereocenters. The van der Waals surface area contributed by atoms with Crippen LogP contribution in [0.5, 0.6) is 0 Å². The number of guanidine groups is 1. The van der Waals surface area contributed by atoms with Crippen molar-refractivity contribution >= 4 is 17.3 Å². The van der Waals surface area contributed by atoms with Crippen molar-refractivity contribution in [1.82, 2.24) is 19.8 Å². The first-order valence-electron chi connectivity index (χ1n) is 8.62. The van der Waals surface area contributed by atoms with Crippen molar-refractivity contribution in [3.63, 3.8) is 0 Å². The topological polar surface area (TPSA) is 45.5 Å². The average Bonchev–Trinajstić information content (AvgIpc) is 3.20. The molecule has 0 aliphatic carbocycles. The molecule has 0 unspecified atom stereocenters. The summed E-state index contributed by atoms with van der Waals surface area (Å²) in [4.78, 5) is 12.8. The normalized spacial score (nSPS) is 12.0. The van der Waals surface area contributed by atoms with Gasteiger partial charge in [0.15, 0.2) is 5.96 Å². The smallest absolute Gasteiger partial charge is 0.194 e. The van der Waals surface area contributed by atoms with Crippen molar-refractivity contribution in [2.24, 2.45) is 10.9 Å². The van der Waals surface area contributed by atoms with E-state index in [9.17, 15) is 0 Å². The summed E-state index contributed by atoms with van der Waals surface area (Å²) in [6.07, 6.45) is 4.94. The Morgan fingerprint density at radius 3 is 2.96 bits per heavy atom. The highest BCUT2D eigenvalue weighted by Gasteiger charge is 2.08. The van der Waals surface area contributed by atoms with E-state index >= 15 is 0 Å². The second kappa shape index (κ2) is 9.47. The van der Waals surface area contributed by atoms with Crippen LogP contribution in [-0.2, 0) is 19.5 Å². The standard InChI is InChI=1S/C18H29N5S/c1-5-19-18(22(4)10-8-16-7-6-12-24-16)21-13-17-20-9-11-23(17)14-15(2)3/h6-7,9,11-12,15H,5,8,10,13-14H2,1-4H3,(H,19,21). The second-order valence-corrected chi connectivity index (χ2v) is 7.34. The Balaban J connectivity index is 1.98. The van der Waals surface area contributed by atoms with Gasteiger partial charge in [0, 0.05) is 44.0 Å². The van der Waals surface area contributed by atoms with Crippen LogP contribution in [0, 0.1) is 5.92 Å². The molecule has 0 aromatic carbocycles. The molecule has 0 amide bonds. The summed E-state index contributed by atoms with van der Waals surface area (Å²) >= 11 is 1.81. The van der Waals surface area contributed by atoms with E-state index in [0.717, 1.165) is 37.8 Å². The van der Waals surface area contributed by atoms with Crippen molar-refractivity contribution in [1.29, 1.82) is 0 Å². The van der Waals surface area contributed by atoms with Crippen LogP contribution in [0.3, 0.4) is 0 Å². The Morgan fingerprint density at radius 1 is 1.46 bits per heavy atom. The number of aromatic nitrogens is 2. The van der Waals surface area contributed by atoms with Gasteiger partial charge in [-0.1, -0.05) is 19.9 Å². The molecule has 0 aliphatic heterocycles. The lowest BCUT2D eigenvalue weighted by Crippen LogP contribution is -2.40. The molecule has 2 heterocycles. The predicted molar refractivity (Wildman–Crippen MR) is 103 cm³/mol. The lowest BCUT2D eigenvalue weighted by molar-refractivity contribution is 0.482. The Morgan fingerprint density at radius 2 is 2.29 bits per heavy atom. The molecular formula is C18H29N5S. The first-order valence-corrected chi connectivity index (χ1v) is 9.50. The van der Waals surface area contributed by atoms with E-state index < -0.39 is 0 Å². The van der Waals surface area contributed by atoms with Crippen LogP contribution in [0.1, 0.15) is 31.5 Å². The lowest BCUT2D eigenvalue weighted by Gasteiger charge is -2.21. The van der Waals surface area contributed by atoms with Gasteiger partial charge in [0.1, 0.15) is 12.4 Å². The summed E-state index contributed by atoms with van der Waals surface area (Å²) in [5.41, 5.74) is 0. The van der Waals surface area contributed by atoms with Gasteiger partial charge in [0.05, 0.1) is 0 Å². The van der Waals surface area contributed by atoms with Crippen LogP contribution in [0.25, 0.3) is 0 Å². The zero-order valence-electron chi connectivity index (χ0n) is 15.2. The number of hydrogen-bond donors (Lipinski definition) is 1. The SMILES string of the molecule is CCNC(=NCc1nccn1CC(C)C)N(C)CCc1cccs1. The van der Waals surface area contributed by atoms with E-state index in [2.05, 4.69) is 65.1 Å². The third kappa shape index (κ3) is 5.67. The van der Waals surface area contributed by atoms with Gasteiger partial charge in [-0.25, -0.2) is 9.98 Å². The highest BCUT2D eigenvalue weighted by atomic mass is 32.1. The highest BCUT2D eigenvalue weighted by molar-refractivity contribution is 7.09. The molecule has 2 rings (SSSR count).